The van der Waals surface area contributed by atoms with Crippen LogP contribution in [0.5, 0.6) is 5.75 Å². The Balaban J connectivity index is 0.967. The van der Waals surface area contributed by atoms with Crippen LogP contribution in [0.3, 0.4) is 0 Å². The third-order valence-electron chi connectivity index (χ3n) is 12.7. The number of ether oxygens (including phenoxy) is 1. The van der Waals surface area contributed by atoms with Crippen molar-refractivity contribution in [3.63, 3.8) is 0 Å². The highest BCUT2D eigenvalue weighted by Gasteiger charge is 2.32. The molecule has 2 aliphatic rings. The van der Waals surface area contributed by atoms with Crippen molar-refractivity contribution in [2.75, 3.05) is 4.90 Å². The molecule has 0 radical (unpaired) electrons. The van der Waals surface area contributed by atoms with Crippen LogP contribution in [0.2, 0.25) is 0 Å². The lowest BCUT2D eigenvalue weighted by atomic mass is 9.94. The van der Waals surface area contributed by atoms with Gasteiger partial charge in [0.05, 0.1) is 16.7 Å². The maximum absolute atomic E-state index is 6.52. The molecule has 1 aliphatic carbocycles. The topological polar surface area (TPSA) is 17.4 Å². The minimum Gasteiger partial charge on any atom is -0.485 e. The van der Waals surface area contributed by atoms with Gasteiger partial charge in [0.2, 0.25) is 0 Å². The average Bonchev–Trinajstić information content (AvgIpc) is 3.91. The zero-order valence-corrected chi connectivity index (χ0v) is 34.6. The molecule has 298 valence electrons. The molecule has 0 bridgehead atoms. The largest absolute Gasteiger partial charge is 0.485 e. The maximum Gasteiger partial charge on any atom is 0.130 e. The van der Waals surface area contributed by atoms with Gasteiger partial charge in [0, 0.05) is 51.0 Å². The van der Waals surface area contributed by atoms with Crippen molar-refractivity contribution in [3.8, 4) is 50.3 Å². The standard InChI is InChI=1S/C60H42N2O/c1-3-15-41(16-4-1)43-29-33-47(34-30-43)61(48-35-31-44(32-36-48)42-17-5-2-6-18-42)55-25-10-7-21-50(55)45-19-13-20-46(39-45)51-24-14-27-57-60(51)54-23-8-11-26-56(54)62(57)49-37-38-53-52-22-9-12-28-58(52)63-59(53)40-49/h1-39,59H,40H2. The minimum absolute atomic E-state index is 0.00158. The van der Waals surface area contributed by atoms with E-state index in [0.717, 1.165) is 40.4 Å². The number of aromatic nitrogens is 1. The molecule has 10 aromatic rings. The number of hydrogen-bond acceptors (Lipinski definition) is 2. The van der Waals surface area contributed by atoms with Gasteiger partial charge in [-0.3, -0.25) is 0 Å². The summed E-state index contributed by atoms with van der Waals surface area (Å²) in [5.41, 5.74) is 18.9. The fourth-order valence-electron chi connectivity index (χ4n) is 9.79. The van der Waals surface area contributed by atoms with Crippen molar-refractivity contribution in [3.05, 3.63) is 242 Å². The fraction of sp³-hybridized carbons (Fsp3) is 0.0333. The van der Waals surface area contributed by atoms with Crippen molar-refractivity contribution in [2.45, 2.75) is 12.5 Å². The third kappa shape index (κ3) is 6.45. The van der Waals surface area contributed by atoms with Gasteiger partial charge in [-0.05, 0) is 99.6 Å². The average molecular weight is 807 g/mol. The van der Waals surface area contributed by atoms with E-state index in [4.69, 9.17) is 4.74 Å². The van der Waals surface area contributed by atoms with Crippen molar-refractivity contribution in [1.82, 2.24) is 4.57 Å². The van der Waals surface area contributed by atoms with Crippen LogP contribution in [0.25, 0.3) is 77.6 Å². The Morgan fingerprint density at radius 3 is 1.65 bits per heavy atom. The molecule has 1 aliphatic heterocycles. The predicted octanol–water partition coefficient (Wildman–Crippen LogP) is 16.0. The van der Waals surface area contributed by atoms with E-state index >= 15 is 0 Å². The normalized spacial score (nSPS) is 14.1. The van der Waals surface area contributed by atoms with Crippen LogP contribution in [-0.4, -0.2) is 10.7 Å². The predicted molar refractivity (Wildman–Crippen MR) is 264 cm³/mol. The summed E-state index contributed by atoms with van der Waals surface area (Å²) in [6, 6.07) is 80.9. The number of fused-ring (bicyclic) bond motifs is 6. The second kappa shape index (κ2) is 15.4. The van der Waals surface area contributed by atoms with E-state index in [1.165, 1.54) is 72.0 Å². The molecule has 0 saturated heterocycles. The van der Waals surface area contributed by atoms with E-state index in [2.05, 4.69) is 246 Å². The van der Waals surface area contributed by atoms with Gasteiger partial charge in [0.25, 0.3) is 0 Å². The molecular formula is C60H42N2O. The highest BCUT2D eigenvalue weighted by Crippen LogP contribution is 2.47. The minimum atomic E-state index is 0.00158. The third-order valence-corrected chi connectivity index (χ3v) is 12.7. The number of hydrogen-bond donors (Lipinski definition) is 0. The highest BCUT2D eigenvalue weighted by atomic mass is 16.5. The molecule has 0 fully saturated rings. The molecule has 12 rings (SSSR count). The van der Waals surface area contributed by atoms with Gasteiger partial charge in [0.1, 0.15) is 11.9 Å². The first-order valence-electron chi connectivity index (χ1n) is 21.8. The van der Waals surface area contributed by atoms with Crippen LogP contribution in [0.4, 0.5) is 17.1 Å². The van der Waals surface area contributed by atoms with E-state index in [0.29, 0.717) is 0 Å². The molecule has 1 unspecified atom stereocenters. The quantitative estimate of drug-likeness (QED) is 0.152. The van der Waals surface area contributed by atoms with Crippen LogP contribution in [0, 0.1) is 0 Å². The summed E-state index contributed by atoms with van der Waals surface area (Å²) in [5, 5.41) is 2.49. The Bertz CT molecular complexity index is 3290. The summed E-state index contributed by atoms with van der Waals surface area (Å²) in [6.07, 6.45) is 5.36. The number of rotatable bonds is 8. The van der Waals surface area contributed by atoms with Gasteiger partial charge >= 0.3 is 0 Å². The zero-order valence-electron chi connectivity index (χ0n) is 34.6. The summed E-state index contributed by atoms with van der Waals surface area (Å²) < 4.78 is 8.97. The van der Waals surface area contributed by atoms with Gasteiger partial charge in [-0.25, -0.2) is 0 Å². The lowest BCUT2D eigenvalue weighted by Gasteiger charge is -2.28. The van der Waals surface area contributed by atoms with Crippen LogP contribution in [-0.2, 0) is 0 Å². The molecular weight excluding hydrogens is 765 g/mol. The number of anilines is 3. The summed E-state index contributed by atoms with van der Waals surface area (Å²) >= 11 is 0. The Morgan fingerprint density at radius 2 is 0.937 bits per heavy atom. The smallest absolute Gasteiger partial charge is 0.130 e. The summed E-state index contributed by atoms with van der Waals surface area (Å²) in [6.45, 7) is 0. The van der Waals surface area contributed by atoms with Crippen molar-refractivity contribution in [2.24, 2.45) is 0 Å². The van der Waals surface area contributed by atoms with Gasteiger partial charge in [0.15, 0.2) is 0 Å². The summed E-state index contributed by atoms with van der Waals surface area (Å²) in [4.78, 5) is 2.39. The van der Waals surface area contributed by atoms with Crippen LogP contribution >= 0.6 is 0 Å². The van der Waals surface area contributed by atoms with E-state index in [9.17, 15) is 0 Å². The number of benzene rings is 9. The molecule has 1 atom stereocenters. The summed E-state index contributed by atoms with van der Waals surface area (Å²) in [5.74, 6) is 0.972. The number of para-hydroxylation sites is 3. The Kier molecular flexibility index (Phi) is 8.97. The lowest BCUT2D eigenvalue weighted by Crippen LogP contribution is -2.17. The van der Waals surface area contributed by atoms with Crippen LogP contribution < -0.4 is 9.64 Å². The van der Waals surface area contributed by atoms with E-state index in [1.807, 2.05) is 0 Å². The molecule has 3 heteroatoms. The first-order chi connectivity index (χ1) is 31.2. The Hall–Kier alpha value is -8.14. The van der Waals surface area contributed by atoms with E-state index < -0.39 is 0 Å². The first kappa shape index (κ1) is 36.7. The van der Waals surface area contributed by atoms with Crippen molar-refractivity contribution < 1.29 is 4.74 Å². The maximum atomic E-state index is 6.52. The highest BCUT2D eigenvalue weighted by molar-refractivity contribution is 6.16. The van der Waals surface area contributed by atoms with Crippen LogP contribution in [0.15, 0.2) is 237 Å². The molecule has 9 aromatic carbocycles. The SMILES string of the molecule is C1=C2c3ccccc3OC2CC(n2c3ccccc3c3c(-c4cccc(-c5ccccc5N(c5ccc(-c6ccccc6)cc5)c5ccc(-c6ccccc6)cc5)c4)cccc32)=C1. The molecule has 1 aromatic heterocycles. The second-order valence-electron chi connectivity index (χ2n) is 16.4. The van der Waals surface area contributed by atoms with Gasteiger partial charge in [-0.2, -0.15) is 0 Å². The van der Waals surface area contributed by atoms with Crippen LogP contribution in [0.1, 0.15) is 12.0 Å². The monoisotopic (exact) mass is 806 g/mol. The summed E-state index contributed by atoms with van der Waals surface area (Å²) in [7, 11) is 0. The molecule has 3 nitrogen and oxygen atoms in total. The van der Waals surface area contributed by atoms with Gasteiger partial charge < -0.3 is 14.2 Å². The Labute approximate surface area is 367 Å². The molecule has 0 saturated carbocycles. The molecule has 0 amide bonds. The second-order valence-corrected chi connectivity index (χ2v) is 16.4. The lowest BCUT2D eigenvalue weighted by molar-refractivity contribution is 0.280. The molecule has 2 heterocycles. The molecule has 0 spiro atoms. The number of nitrogens with zero attached hydrogens (tertiary/aromatic N) is 2. The van der Waals surface area contributed by atoms with Gasteiger partial charge in [-0.1, -0.05) is 176 Å². The molecule has 0 N–H and O–H groups in total. The fourth-order valence-corrected chi connectivity index (χ4v) is 9.79. The van der Waals surface area contributed by atoms with E-state index in [-0.39, 0.29) is 6.10 Å². The molecule has 63 heavy (non-hydrogen) atoms. The van der Waals surface area contributed by atoms with Gasteiger partial charge in [-0.15, -0.1) is 0 Å². The number of allylic oxidation sites excluding steroid dienone is 2. The van der Waals surface area contributed by atoms with E-state index in [1.54, 1.807) is 0 Å². The Morgan fingerprint density at radius 1 is 0.413 bits per heavy atom. The van der Waals surface area contributed by atoms with Crippen molar-refractivity contribution in [1.29, 1.82) is 0 Å². The first-order valence-corrected chi connectivity index (χ1v) is 21.8. The van der Waals surface area contributed by atoms with Crippen molar-refractivity contribution >= 4 is 50.1 Å². The zero-order chi connectivity index (χ0) is 41.7.